The maximum Gasteiger partial charge on any atom is 0.220 e. The molecule has 0 bridgehead atoms. The average molecular weight is 205 g/mol. The van der Waals surface area contributed by atoms with Gasteiger partial charge in [0.1, 0.15) is 0 Å². The molecule has 0 atom stereocenters. The number of nitrogens with one attached hydrogen (secondary N) is 2. The van der Waals surface area contributed by atoms with Crippen molar-refractivity contribution in [3.63, 3.8) is 0 Å². The van der Waals surface area contributed by atoms with Gasteiger partial charge in [0.2, 0.25) is 5.91 Å². The van der Waals surface area contributed by atoms with Gasteiger partial charge in [0, 0.05) is 13.0 Å². The van der Waals surface area contributed by atoms with E-state index in [2.05, 4.69) is 10.6 Å². The minimum atomic E-state index is 0. The highest BCUT2D eigenvalue weighted by atomic mass is 35.5. The molecule has 2 N–H and O–H groups in total. The Hall–Kier alpha value is -0.280. The van der Waals surface area contributed by atoms with E-state index in [1.165, 1.54) is 19.3 Å². The molecule has 1 amide bonds. The highest BCUT2D eigenvalue weighted by Crippen LogP contribution is 2.37. The lowest BCUT2D eigenvalue weighted by Gasteiger charge is -2.40. The molecule has 4 heteroatoms. The van der Waals surface area contributed by atoms with Crippen LogP contribution in [0.4, 0.5) is 0 Å². The first kappa shape index (κ1) is 10.8. The molecule has 0 unspecified atom stereocenters. The largest absolute Gasteiger partial charge is 0.356 e. The Kier molecular flexibility index (Phi) is 3.56. The van der Waals surface area contributed by atoms with Crippen molar-refractivity contribution < 1.29 is 4.79 Å². The van der Waals surface area contributed by atoms with Crippen LogP contribution < -0.4 is 10.6 Å². The normalized spacial score (nSPS) is 26.3. The van der Waals surface area contributed by atoms with Crippen molar-refractivity contribution in [2.75, 3.05) is 19.6 Å². The second-order valence-corrected chi connectivity index (χ2v) is 4.03. The Morgan fingerprint density at radius 2 is 1.69 bits per heavy atom. The predicted molar refractivity (Wildman–Crippen MR) is 54.0 cm³/mol. The lowest BCUT2D eigenvalue weighted by molar-refractivity contribution is -0.126. The van der Waals surface area contributed by atoms with Gasteiger partial charge in [-0.1, -0.05) is 0 Å². The van der Waals surface area contributed by atoms with Gasteiger partial charge in [-0.15, -0.1) is 12.4 Å². The molecule has 2 fully saturated rings. The van der Waals surface area contributed by atoms with Crippen LogP contribution in [0.3, 0.4) is 0 Å². The zero-order chi connectivity index (χ0) is 8.44. The second-order valence-electron chi connectivity index (χ2n) is 4.03. The average Bonchev–Trinajstić information content (AvgIpc) is 2.05. The third-order valence-corrected chi connectivity index (χ3v) is 3.18. The van der Waals surface area contributed by atoms with Crippen LogP contribution >= 0.6 is 12.4 Å². The minimum absolute atomic E-state index is 0. The van der Waals surface area contributed by atoms with Crippen LogP contribution in [0.15, 0.2) is 0 Å². The summed E-state index contributed by atoms with van der Waals surface area (Å²) in [5.41, 5.74) is 0.355. The lowest BCUT2D eigenvalue weighted by atomic mass is 9.72. The van der Waals surface area contributed by atoms with E-state index in [9.17, 15) is 4.79 Å². The second kappa shape index (κ2) is 4.29. The SMILES string of the molecule is Cl.O=C1CC2(CCNCC2)CCN1. The summed E-state index contributed by atoms with van der Waals surface area (Å²) in [6.07, 6.45) is 4.30. The van der Waals surface area contributed by atoms with Gasteiger partial charge in [-0.2, -0.15) is 0 Å². The summed E-state index contributed by atoms with van der Waals surface area (Å²) in [5.74, 6) is 0.253. The van der Waals surface area contributed by atoms with Gasteiger partial charge < -0.3 is 10.6 Å². The number of carbonyl (C=O) groups is 1. The molecule has 13 heavy (non-hydrogen) atoms. The van der Waals surface area contributed by atoms with Crippen molar-refractivity contribution >= 4 is 18.3 Å². The molecule has 0 aromatic heterocycles. The summed E-state index contributed by atoms with van der Waals surface area (Å²) in [7, 11) is 0. The number of halogens is 1. The van der Waals surface area contributed by atoms with Crippen molar-refractivity contribution in [1.29, 1.82) is 0 Å². The molecule has 2 saturated heterocycles. The summed E-state index contributed by atoms with van der Waals surface area (Å²) in [4.78, 5) is 11.2. The Balaban J connectivity index is 0.000000845. The molecule has 1 spiro atoms. The third kappa shape index (κ3) is 2.35. The summed E-state index contributed by atoms with van der Waals surface area (Å²) >= 11 is 0. The van der Waals surface area contributed by atoms with Gasteiger partial charge in [-0.3, -0.25) is 4.79 Å². The van der Waals surface area contributed by atoms with Gasteiger partial charge in [-0.05, 0) is 37.8 Å². The Morgan fingerprint density at radius 1 is 1.08 bits per heavy atom. The monoisotopic (exact) mass is 204 g/mol. The summed E-state index contributed by atoms with van der Waals surface area (Å²) in [6.45, 7) is 3.07. The molecule has 2 aliphatic heterocycles. The van der Waals surface area contributed by atoms with Crippen molar-refractivity contribution in [2.45, 2.75) is 25.7 Å². The van der Waals surface area contributed by atoms with Gasteiger partial charge in [-0.25, -0.2) is 0 Å². The zero-order valence-electron chi connectivity index (χ0n) is 7.77. The first-order valence-electron chi connectivity index (χ1n) is 4.78. The number of hydrogen-bond acceptors (Lipinski definition) is 2. The molecular formula is C9H17ClN2O. The van der Waals surface area contributed by atoms with Gasteiger partial charge >= 0.3 is 0 Å². The van der Waals surface area contributed by atoms with Gasteiger partial charge in [0.05, 0.1) is 0 Å². The van der Waals surface area contributed by atoms with Crippen LogP contribution in [0, 0.1) is 5.41 Å². The smallest absolute Gasteiger partial charge is 0.220 e. The van der Waals surface area contributed by atoms with E-state index in [4.69, 9.17) is 0 Å². The fraction of sp³-hybridized carbons (Fsp3) is 0.889. The Labute approximate surface area is 85.1 Å². The number of hydrogen-bond donors (Lipinski definition) is 2. The van der Waals surface area contributed by atoms with Crippen molar-refractivity contribution in [3.8, 4) is 0 Å². The Bertz CT molecular complexity index is 185. The van der Waals surface area contributed by atoms with E-state index < -0.39 is 0 Å². The quantitative estimate of drug-likeness (QED) is 0.610. The fourth-order valence-electron chi connectivity index (χ4n) is 2.34. The van der Waals surface area contributed by atoms with Gasteiger partial charge in [0.25, 0.3) is 0 Å². The molecular weight excluding hydrogens is 188 g/mol. The first-order valence-corrected chi connectivity index (χ1v) is 4.78. The molecule has 2 heterocycles. The van der Waals surface area contributed by atoms with Crippen LogP contribution in [0.1, 0.15) is 25.7 Å². The maximum atomic E-state index is 11.2. The molecule has 3 nitrogen and oxygen atoms in total. The molecule has 0 aromatic carbocycles. The van der Waals surface area contributed by atoms with E-state index in [1.807, 2.05) is 0 Å². The van der Waals surface area contributed by atoms with Gasteiger partial charge in [0.15, 0.2) is 0 Å². The van der Waals surface area contributed by atoms with E-state index in [-0.39, 0.29) is 18.3 Å². The molecule has 0 aromatic rings. The molecule has 0 saturated carbocycles. The molecule has 76 valence electrons. The summed E-state index contributed by atoms with van der Waals surface area (Å²) in [6, 6.07) is 0. The zero-order valence-corrected chi connectivity index (χ0v) is 8.58. The van der Waals surface area contributed by atoms with E-state index in [0.717, 1.165) is 26.1 Å². The minimum Gasteiger partial charge on any atom is -0.356 e. The van der Waals surface area contributed by atoms with E-state index in [0.29, 0.717) is 5.41 Å². The highest BCUT2D eigenvalue weighted by Gasteiger charge is 2.36. The molecule has 2 aliphatic rings. The topological polar surface area (TPSA) is 41.1 Å². The molecule has 0 aliphatic carbocycles. The lowest BCUT2D eigenvalue weighted by Crippen LogP contribution is -2.46. The number of piperidine rings is 2. The maximum absolute atomic E-state index is 11.2. The van der Waals surface area contributed by atoms with Crippen molar-refractivity contribution in [3.05, 3.63) is 0 Å². The summed E-state index contributed by atoms with van der Waals surface area (Å²) < 4.78 is 0. The predicted octanol–water partition coefficient (Wildman–Crippen LogP) is 0.688. The third-order valence-electron chi connectivity index (χ3n) is 3.18. The number of carbonyl (C=O) groups excluding carboxylic acids is 1. The van der Waals surface area contributed by atoms with Crippen LogP contribution in [-0.4, -0.2) is 25.5 Å². The highest BCUT2D eigenvalue weighted by molar-refractivity contribution is 5.85. The van der Waals surface area contributed by atoms with Crippen LogP contribution in [0.5, 0.6) is 0 Å². The summed E-state index contributed by atoms with van der Waals surface area (Å²) in [5, 5.41) is 6.23. The number of amides is 1. The number of rotatable bonds is 0. The van der Waals surface area contributed by atoms with Crippen LogP contribution in [0.2, 0.25) is 0 Å². The van der Waals surface area contributed by atoms with E-state index >= 15 is 0 Å². The first-order chi connectivity index (χ1) is 5.81. The van der Waals surface area contributed by atoms with Crippen LogP contribution in [-0.2, 0) is 4.79 Å². The van der Waals surface area contributed by atoms with Crippen LogP contribution in [0.25, 0.3) is 0 Å². The Morgan fingerprint density at radius 3 is 2.31 bits per heavy atom. The standard InChI is InChI=1S/C9H16N2O.ClH/c12-8-7-9(3-6-11-8)1-4-10-5-2-9;/h10H,1-7H2,(H,11,12);1H. The molecule has 0 radical (unpaired) electrons. The fourth-order valence-corrected chi connectivity index (χ4v) is 2.34. The van der Waals surface area contributed by atoms with Crippen molar-refractivity contribution in [2.24, 2.45) is 5.41 Å². The van der Waals surface area contributed by atoms with Crippen molar-refractivity contribution in [1.82, 2.24) is 10.6 Å². The molecule has 2 rings (SSSR count). The van der Waals surface area contributed by atoms with E-state index in [1.54, 1.807) is 0 Å².